The molecular weight excluding hydrogens is 264 g/mol. The van der Waals surface area contributed by atoms with Gasteiger partial charge in [-0.25, -0.2) is 4.79 Å². The topological polar surface area (TPSA) is 95.9 Å². The van der Waals surface area contributed by atoms with Crippen LogP contribution in [0.5, 0.6) is 0 Å². The number of hydrogen-bond acceptors (Lipinski definition) is 4. The lowest BCUT2D eigenvalue weighted by molar-refractivity contribution is -0.145. The minimum Gasteiger partial charge on any atom is -0.481 e. The quantitative estimate of drug-likeness (QED) is 0.676. The summed E-state index contributed by atoms with van der Waals surface area (Å²) < 4.78 is 4.81. The molecule has 1 fully saturated rings. The lowest BCUT2D eigenvalue weighted by atomic mass is 10.1. The van der Waals surface area contributed by atoms with Gasteiger partial charge in [0.25, 0.3) is 0 Å². The first-order valence-electron chi connectivity index (χ1n) is 6.76. The third-order valence-corrected chi connectivity index (χ3v) is 3.37. The minimum absolute atomic E-state index is 0.0905. The molecule has 7 heteroatoms. The number of esters is 1. The first-order valence-corrected chi connectivity index (χ1v) is 6.76. The van der Waals surface area contributed by atoms with Crippen molar-refractivity contribution in [2.45, 2.75) is 39.7 Å². The molecule has 0 radical (unpaired) electrons. The van der Waals surface area contributed by atoms with Crippen molar-refractivity contribution < 1.29 is 24.2 Å². The van der Waals surface area contributed by atoms with Gasteiger partial charge >= 0.3 is 18.0 Å². The Balaban J connectivity index is 2.52. The Morgan fingerprint density at radius 3 is 2.35 bits per heavy atom. The van der Waals surface area contributed by atoms with Crippen LogP contribution >= 0.6 is 0 Å². The normalized spacial score (nSPS) is 15.6. The van der Waals surface area contributed by atoms with Crippen LogP contribution < -0.4 is 5.32 Å². The van der Waals surface area contributed by atoms with Crippen molar-refractivity contribution in [1.29, 1.82) is 0 Å². The van der Waals surface area contributed by atoms with Crippen molar-refractivity contribution in [2.24, 2.45) is 5.41 Å². The molecule has 0 unspecified atom stereocenters. The van der Waals surface area contributed by atoms with E-state index < -0.39 is 23.4 Å². The molecule has 20 heavy (non-hydrogen) atoms. The predicted octanol–water partition coefficient (Wildman–Crippen LogP) is 0.834. The summed E-state index contributed by atoms with van der Waals surface area (Å²) in [6.45, 7) is 5.46. The summed E-state index contributed by atoms with van der Waals surface area (Å²) >= 11 is 0. The van der Waals surface area contributed by atoms with Crippen LogP contribution in [0.4, 0.5) is 4.79 Å². The lowest BCUT2D eigenvalue weighted by Crippen LogP contribution is -2.48. The summed E-state index contributed by atoms with van der Waals surface area (Å²) in [5.41, 5.74) is -0.817. The van der Waals surface area contributed by atoms with Gasteiger partial charge in [0.2, 0.25) is 0 Å². The number of rotatable bonds is 7. The Labute approximate surface area is 118 Å². The maximum absolute atomic E-state index is 12.0. The van der Waals surface area contributed by atoms with Gasteiger partial charge in [-0.15, -0.1) is 0 Å². The second-order valence-corrected chi connectivity index (χ2v) is 5.27. The highest BCUT2D eigenvalue weighted by Crippen LogP contribution is 2.45. The second kappa shape index (κ2) is 6.58. The summed E-state index contributed by atoms with van der Waals surface area (Å²) in [7, 11) is 0. The van der Waals surface area contributed by atoms with Gasteiger partial charge in [-0.05, 0) is 33.6 Å². The van der Waals surface area contributed by atoms with Crippen LogP contribution in [0.15, 0.2) is 0 Å². The molecule has 0 atom stereocenters. The summed E-state index contributed by atoms with van der Waals surface area (Å²) in [6.07, 6.45) is 1.14. The Morgan fingerprint density at radius 1 is 1.35 bits per heavy atom. The number of nitrogens with one attached hydrogen (secondary N) is 1. The molecule has 0 saturated heterocycles. The zero-order chi connectivity index (χ0) is 15.3. The van der Waals surface area contributed by atoms with E-state index in [0.717, 1.165) is 0 Å². The molecule has 7 nitrogen and oxygen atoms in total. The van der Waals surface area contributed by atoms with Crippen LogP contribution in [0.3, 0.4) is 0 Å². The summed E-state index contributed by atoms with van der Waals surface area (Å²) in [6, 6.07) is -0.625. The molecule has 1 aliphatic rings. The number of carbonyl (C=O) groups excluding carboxylic acids is 2. The highest BCUT2D eigenvalue weighted by atomic mass is 16.5. The van der Waals surface area contributed by atoms with Gasteiger partial charge in [-0.3, -0.25) is 9.59 Å². The Kier molecular flexibility index (Phi) is 5.35. The van der Waals surface area contributed by atoms with E-state index in [2.05, 4.69) is 5.32 Å². The third-order valence-electron chi connectivity index (χ3n) is 3.37. The minimum atomic E-state index is -0.890. The molecule has 1 rings (SSSR count). The van der Waals surface area contributed by atoms with Gasteiger partial charge < -0.3 is 20.1 Å². The van der Waals surface area contributed by atoms with E-state index >= 15 is 0 Å². The SMILES string of the molecule is CCOC(=O)CN(C(=O)NCC1(C(=O)O)CC1)C(C)C. The molecule has 2 amide bonds. The summed E-state index contributed by atoms with van der Waals surface area (Å²) in [4.78, 5) is 35.8. The number of ether oxygens (including phenoxy) is 1. The lowest BCUT2D eigenvalue weighted by Gasteiger charge is -2.26. The van der Waals surface area contributed by atoms with Gasteiger partial charge in [-0.1, -0.05) is 0 Å². The zero-order valence-electron chi connectivity index (χ0n) is 12.1. The van der Waals surface area contributed by atoms with Gasteiger partial charge in [-0.2, -0.15) is 0 Å². The first-order chi connectivity index (χ1) is 9.32. The average Bonchev–Trinajstić information content (AvgIpc) is 3.14. The number of carboxylic acid groups (broad SMARTS) is 1. The summed E-state index contributed by atoms with van der Waals surface area (Å²) in [5.74, 6) is -1.37. The molecule has 0 aliphatic heterocycles. The fraction of sp³-hybridized carbons (Fsp3) is 0.769. The highest BCUT2D eigenvalue weighted by molar-refractivity contribution is 5.83. The maximum atomic E-state index is 12.0. The first kappa shape index (κ1) is 16.3. The van der Waals surface area contributed by atoms with E-state index in [1.807, 2.05) is 0 Å². The van der Waals surface area contributed by atoms with Crippen molar-refractivity contribution in [3.05, 3.63) is 0 Å². The average molecular weight is 286 g/mol. The van der Waals surface area contributed by atoms with Crippen LogP contribution in [-0.4, -0.2) is 53.7 Å². The molecule has 1 saturated carbocycles. The molecule has 0 aromatic carbocycles. The zero-order valence-corrected chi connectivity index (χ0v) is 12.1. The second-order valence-electron chi connectivity index (χ2n) is 5.27. The van der Waals surface area contributed by atoms with E-state index in [-0.39, 0.29) is 25.7 Å². The van der Waals surface area contributed by atoms with Gasteiger partial charge in [0.05, 0.1) is 12.0 Å². The molecule has 0 heterocycles. The van der Waals surface area contributed by atoms with Crippen molar-refractivity contribution in [3.8, 4) is 0 Å². The van der Waals surface area contributed by atoms with Crippen LogP contribution in [0.1, 0.15) is 33.6 Å². The Hall–Kier alpha value is -1.79. The van der Waals surface area contributed by atoms with E-state index in [0.29, 0.717) is 12.8 Å². The summed E-state index contributed by atoms with van der Waals surface area (Å²) in [5, 5.41) is 11.6. The molecule has 0 spiro atoms. The Morgan fingerprint density at radius 2 is 1.95 bits per heavy atom. The molecule has 114 valence electrons. The van der Waals surface area contributed by atoms with Crippen LogP contribution in [-0.2, 0) is 14.3 Å². The monoisotopic (exact) mass is 286 g/mol. The number of aliphatic carboxylic acids is 1. The molecule has 0 aromatic rings. The van der Waals surface area contributed by atoms with Crippen molar-refractivity contribution in [1.82, 2.24) is 10.2 Å². The van der Waals surface area contributed by atoms with Gasteiger partial charge in [0.1, 0.15) is 6.54 Å². The largest absolute Gasteiger partial charge is 0.481 e. The fourth-order valence-corrected chi connectivity index (χ4v) is 1.80. The molecular formula is C13H22N2O5. The Bertz CT molecular complexity index is 390. The third kappa shape index (κ3) is 4.11. The van der Waals surface area contributed by atoms with E-state index in [9.17, 15) is 14.4 Å². The fourth-order valence-electron chi connectivity index (χ4n) is 1.80. The molecule has 0 aromatic heterocycles. The van der Waals surface area contributed by atoms with Crippen molar-refractivity contribution >= 4 is 18.0 Å². The highest BCUT2D eigenvalue weighted by Gasteiger charge is 2.50. The van der Waals surface area contributed by atoms with Crippen LogP contribution in [0, 0.1) is 5.41 Å². The number of nitrogens with zero attached hydrogens (tertiary/aromatic N) is 1. The number of carbonyl (C=O) groups is 3. The van der Waals surface area contributed by atoms with E-state index in [1.165, 1.54) is 4.90 Å². The maximum Gasteiger partial charge on any atom is 0.325 e. The number of hydrogen-bond donors (Lipinski definition) is 2. The van der Waals surface area contributed by atoms with Gasteiger partial charge in [0, 0.05) is 12.6 Å². The predicted molar refractivity (Wildman–Crippen MR) is 71.2 cm³/mol. The standard InChI is InChI=1S/C13H22N2O5/c1-4-20-10(16)7-15(9(2)3)12(19)14-8-13(5-6-13)11(17)18/h9H,4-8H2,1-3H3,(H,14,19)(H,17,18). The number of carboxylic acids is 1. The van der Waals surface area contributed by atoms with Crippen molar-refractivity contribution in [2.75, 3.05) is 19.7 Å². The molecule has 2 N–H and O–H groups in total. The smallest absolute Gasteiger partial charge is 0.325 e. The number of urea groups is 1. The van der Waals surface area contributed by atoms with Crippen molar-refractivity contribution in [3.63, 3.8) is 0 Å². The van der Waals surface area contributed by atoms with Crippen LogP contribution in [0.25, 0.3) is 0 Å². The van der Waals surface area contributed by atoms with Gasteiger partial charge in [0.15, 0.2) is 0 Å². The van der Waals surface area contributed by atoms with Crippen LogP contribution in [0.2, 0.25) is 0 Å². The van der Waals surface area contributed by atoms with E-state index in [4.69, 9.17) is 9.84 Å². The number of amides is 2. The molecule has 0 bridgehead atoms. The van der Waals surface area contributed by atoms with E-state index in [1.54, 1.807) is 20.8 Å². The molecule has 1 aliphatic carbocycles.